The third-order valence-electron chi connectivity index (χ3n) is 3.40. The van der Waals surface area contributed by atoms with Crippen molar-refractivity contribution in [3.8, 4) is 5.69 Å². The average Bonchev–Trinajstić information content (AvgIpc) is 3.15. The molecule has 0 spiro atoms. The molecule has 23 heavy (non-hydrogen) atoms. The molecule has 114 valence electrons. The minimum absolute atomic E-state index is 0.152. The highest BCUT2D eigenvalue weighted by Crippen LogP contribution is 2.16. The van der Waals surface area contributed by atoms with Crippen molar-refractivity contribution in [1.29, 1.82) is 0 Å². The summed E-state index contributed by atoms with van der Waals surface area (Å²) in [7, 11) is 1.27. The van der Waals surface area contributed by atoms with E-state index in [1.54, 1.807) is 24.7 Å². The van der Waals surface area contributed by atoms with E-state index in [-0.39, 0.29) is 16.9 Å². The van der Waals surface area contributed by atoms with Crippen LogP contribution in [0.15, 0.2) is 61.4 Å². The molecule has 2 heterocycles. The number of esters is 1. The van der Waals surface area contributed by atoms with Crippen LogP contribution in [0.4, 0.5) is 0 Å². The smallest absolute Gasteiger partial charge is 0.340 e. The van der Waals surface area contributed by atoms with Crippen molar-refractivity contribution in [3.63, 3.8) is 0 Å². The standard InChI is InChI=1S/C17H13N3O3/c1-23-17(22)15-10-18-7-6-14(15)16(21)12-2-4-13(5-3-12)20-9-8-19-11-20/h2-11H,1H3. The van der Waals surface area contributed by atoms with E-state index in [4.69, 9.17) is 0 Å². The first-order valence-electron chi connectivity index (χ1n) is 6.86. The van der Waals surface area contributed by atoms with Crippen molar-refractivity contribution in [1.82, 2.24) is 14.5 Å². The number of aromatic nitrogens is 3. The van der Waals surface area contributed by atoms with Gasteiger partial charge in [0.15, 0.2) is 5.78 Å². The highest BCUT2D eigenvalue weighted by molar-refractivity contribution is 6.14. The number of hydrogen-bond acceptors (Lipinski definition) is 5. The third kappa shape index (κ3) is 2.87. The molecule has 0 bridgehead atoms. The molecule has 0 aliphatic carbocycles. The van der Waals surface area contributed by atoms with Gasteiger partial charge in [0.25, 0.3) is 0 Å². The van der Waals surface area contributed by atoms with Gasteiger partial charge >= 0.3 is 5.97 Å². The Labute approximate surface area is 132 Å². The number of ketones is 1. The van der Waals surface area contributed by atoms with Crippen LogP contribution in [-0.2, 0) is 4.74 Å². The molecule has 3 aromatic rings. The monoisotopic (exact) mass is 307 g/mol. The number of pyridine rings is 1. The van der Waals surface area contributed by atoms with Crippen LogP contribution in [0.1, 0.15) is 26.3 Å². The van der Waals surface area contributed by atoms with Gasteiger partial charge < -0.3 is 9.30 Å². The number of ether oxygens (including phenoxy) is 1. The second-order valence-electron chi connectivity index (χ2n) is 4.76. The zero-order chi connectivity index (χ0) is 16.2. The molecule has 0 unspecified atom stereocenters. The van der Waals surface area contributed by atoms with Gasteiger partial charge in [-0.15, -0.1) is 0 Å². The molecule has 0 atom stereocenters. The number of carbonyl (C=O) groups is 2. The molecule has 0 amide bonds. The Kier molecular flexibility index (Phi) is 3.97. The fraction of sp³-hybridized carbons (Fsp3) is 0.0588. The Bertz CT molecular complexity index is 840. The van der Waals surface area contributed by atoms with Gasteiger partial charge in [-0.3, -0.25) is 9.78 Å². The molecule has 0 saturated heterocycles. The molecule has 0 radical (unpaired) electrons. The highest BCUT2D eigenvalue weighted by Gasteiger charge is 2.19. The first-order chi connectivity index (χ1) is 11.2. The topological polar surface area (TPSA) is 74.1 Å². The highest BCUT2D eigenvalue weighted by atomic mass is 16.5. The molecule has 0 N–H and O–H groups in total. The van der Waals surface area contributed by atoms with Gasteiger partial charge in [-0.25, -0.2) is 9.78 Å². The van der Waals surface area contributed by atoms with Gasteiger partial charge in [0.1, 0.15) is 0 Å². The van der Waals surface area contributed by atoms with Crippen LogP contribution in [0.25, 0.3) is 5.69 Å². The number of methoxy groups -OCH3 is 1. The van der Waals surface area contributed by atoms with E-state index in [0.29, 0.717) is 5.56 Å². The maximum Gasteiger partial charge on any atom is 0.340 e. The average molecular weight is 307 g/mol. The van der Waals surface area contributed by atoms with E-state index in [1.165, 1.54) is 25.6 Å². The summed E-state index contributed by atoms with van der Waals surface area (Å²) >= 11 is 0. The molecular formula is C17H13N3O3. The molecule has 0 saturated carbocycles. The van der Waals surface area contributed by atoms with Crippen molar-refractivity contribution >= 4 is 11.8 Å². The molecule has 0 aliphatic rings. The summed E-state index contributed by atoms with van der Waals surface area (Å²) in [5.74, 6) is -0.846. The molecule has 6 nitrogen and oxygen atoms in total. The number of benzene rings is 1. The van der Waals surface area contributed by atoms with Gasteiger partial charge in [-0.05, 0) is 30.3 Å². The maximum atomic E-state index is 12.6. The minimum Gasteiger partial charge on any atom is -0.465 e. The fourth-order valence-electron chi connectivity index (χ4n) is 2.22. The Morgan fingerprint density at radius 1 is 1.00 bits per heavy atom. The Hall–Kier alpha value is -3.28. The van der Waals surface area contributed by atoms with Crippen LogP contribution in [0, 0.1) is 0 Å². The summed E-state index contributed by atoms with van der Waals surface area (Å²) in [6, 6.07) is 8.55. The van der Waals surface area contributed by atoms with Crippen LogP contribution in [-0.4, -0.2) is 33.4 Å². The van der Waals surface area contributed by atoms with Crippen LogP contribution in [0.2, 0.25) is 0 Å². The molecular weight excluding hydrogens is 294 g/mol. The Balaban J connectivity index is 1.94. The molecule has 0 fully saturated rings. The molecule has 2 aromatic heterocycles. The van der Waals surface area contributed by atoms with Gasteiger partial charge in [-0.2, -0.15) is 0 Å². The Morgan fingerprint density at radius 2 is 1.78 bits per heavy atom. The number of carbonyl (C=O) groups excluding carboxylic acids is 2. The second kappa shape index (κ2) is 6.23. The summed E-state index contributed by atoms with van der Waals surface area (Å²) < 4.78 is 6.52. The SMILES string of the molecule is COC(=O)c1cnccc1C(=O)c1ccc(-n2ccnc2)cc1. The van der Waals surface area contributed by atoms with E-state index in [2.05, 4.69) is 14.7 Å². The van der Waals surface area contributed by atoms with Crippen molar-refractivity contribution < 1.29 is 14.3 Å². The lowest BCUT2D eigenvalue weighted by atomic mass is 10.00. The quantitative estimate of drug-likeness (QED) is 0.546. The van der Waals surface area contributed by atoms with E-state index in [1.807, 2.05) is 22.9 Å². The summed E-state index contributed by atoms with van der Waals surface area (Å²) in [5.41, 5.74) is 1.79. The molecule has 3 rings (SSSR count). The van der Waals surface area contributed by atoms with E-state index in [0.717, 1.165) is 5.69 Å². The van der Waals surface area contributed by atoms with Crippen molar-refractivity contribution in [2.24, 2.45) is 0 Å². The first kappa shape index (κ1) is 14.6. The van der Waals surface area contributed by atoms with Crippen molar-refractivity contribution in [2.45, 2.75) is 0 Å². The summed E-state index contributed by atoms with van der Waals surface area (Å²) in [6.45, 7) is 0. The maximum absolute atomic E-state index is 12.6. The summed E-state index contributed by atoms with van der Waals surface area (Å²) in [6.07, 6.45) is 7.97. The van der Waals surface area contributed by atoms with Gasteiger partial charge in [-0.1, -0.05) is 0 Å². The molecule has 6 heteroatoms. The van der Waals surface area contributed by atoms with Gasteiger partial charge in [0.05, 0.1) is 19.0 Å². The van der Waals surface area contributed by atoms with Crippen molar-refractivity contribution in [3.05, 3.63) is 78.1 Å². The zero-order valence-electron chi connectivity index (χ0n) is 12.3. The van der Waals surface area contributed by atoms with Gasteiger partial charge in [0.2, 0.25) is 0 Å². The van der Waals surface area contributed by atoms with E-state index in [9.17, 15) is 9.59 Å². The summed E-state index contributed by atoms with van der Waals surface area (Å²) in [5, 5.41) is 0. The third-order valence-corrected chi connectivity index (χ3v) is 3.40. The van der Waals surface area contributed by atoms with E-state index >= 15 is 0 Å². The lowest BCUT2D eigenvalue weighted by Gasteiger charge is -2.07. The van der Waals surface area contributed by atoms with Crippen LogP contribution in [0.3, 0.4) is 0 Å². The minimum atomic E-state index is -0.587. The number of imidazole rings is 1. The second-order valence-corrected chi connectivity index (χ2v) is 4.76. The number of rotatable bonds is 4. The van der Waals surface area contributed by atoms with Crippen LogP contribution in [0.5, 0.6) is 0 Å². The van der Waals surface area contributed by atoms with Crippen molar-refractivity contribution in [2.75, 3.05) is 7.11 Å². The zero-order valence-corrected chi connectivity index (χ0v) is 12.3. The lowest BCUT2D eigenvalue weighted by Crippen LogP contribution is -2.12. The largest absolute Gasteiger partial charge is 0.465 e. The molecule has 1 aromatic carbocycles. The fourth-order valence-corrected chi connectivity index (χ4v) is 2.22. The lowest BCUT2D eigenvalue weighted by molar-refractivity contribution is 0.0597. The van der Waals surface area contributed by atoms with Gasteiger partial charge in [0, 0.05) is 41.6 Å². The number of hydrogen-bond donors (Lipinski definition) is 0. The number of nitrogens with zero attached hydrogens (tertiary/aromatic N) is 3. The van der Waals surface area contributed by atoms with Crippen LogP contribution >= 0.6 is 0 Å². The predicted octanol–water partition coefficient (Wildman–Crippen LogP) is 2.28. The van der Waals surface area contributed by atoms with Crippen LogP contribution < -0.4 is 0 Å². The normalized spacial score (nSPS) is 10.3. The Morgan fingerprint density at radius 3 is 2.43 bits per heavy atom. The summed E-state index contributed by atoms with van der Waals surface area (Å²) in [4.78, 5) is 32.2. The predicted molar refractivity (Wildman–Crippen MR) is 82.6 cm³/mol. The first-order valence-corrected chi connectivity index (χ1v) is 6.86. The molecule has 0 aliphatic heterocycles. The van der Waals surface area contributed by atoms with E-state index < -0.39 is 5.97 Å².